The van der Waals surface area contributed by atoms with Gasteiger partial charge < -0.3 is 18.6 Å². The lowest BCUT2D eigenvalue weighted by Crippen LogP contribution is -1.95. The number of hydrogen-bond acceptors (Lipinski definition) is 6. The lowest BCUT2D eigenvalue weighted by Gasteiger charge is -2.12. The zero-order valence-corrected chi connectivity index (χ0v) is 14.2. The number of rotatable bonds is 6. The van der Waals surface area contributed by atoms with Crippen LogP contribution in [-0.4, -0.2) is 31.3 Å². The van der Waals surface area contributed by atoms with Gasteiger partial charge in [0.1, 0.15) is 0 Å². The van der Waals surface area contributed by atoms with Crippen molar-refractivity contribution < 1.29 is 18.6 Å². The number of pyridine rings is 1. The van der Waals surface area contributed by atoms with Crippen molar-refractivity contribution in [2.24, 2.45) is 0 Å². The molecule has 0 saturated carbocycles. The molecule has 0 atom stereocenters. The Labute approximate surface area is 145 Å². The highest BCUT2D eigenvalue weighted by atomic mass is 16.5. The quantitative estimate of drug-likeness (QED) is 0.678. The van der Waals surface area contributed by atoms with Gasteiger partial charge in [0, 0.05) is 24.0 Å². The molecule has 3 aromatic rings. The Morgan fingerprint density at radius 3 is 2.20 bits per heavy atom. The SMILES string of the molecule is COc1cc(/C=C/c2ncc(-c3ccncc3)o2)cc(OC)c1OC. The maximum Gasteiger partial charge on any atom is 0.219 e. The zero-order valence-electron chi connectivity index (χ0n) is 14.2. The fraction of sp³-hybridized carbons (Fsp3) is 0.158. The van der Waals surface area contributed by atoms with Crippen LogP contribution < -0.4 is 14.2 Å². The average molecular weight is 338 g/mol. The van der Waals surface area contributed by atoms with E-state index in [1.54, 1.807) is 46.0 Å². The molecule has 6 nitrogen and oxygen atoms in total. The molecule has 0 aliphatic carbocycles. The van der Waals surface area contributed by atoms with Crippen LogP contribution in [0.1, 0.15) is 11.5 Å². The van der Waals surface area contributed by atoms with Crippen LogP contribution in [0.25, 0.3) is 23.5 Å². The van der Waals surface area contributed by atoms with Crippen LogP contribution in [0.4, 0.5) is 0 Å². The van der Waals surface area contributed by atoms with E-state index >= 15 is 0 Å². The summed E-state index contributed by atoms with van der Waals surface area (Å²) in [7, 11) is 4.74. The summed E-state index contributed by atoms with van der Waals surface area (Å²) in [6.07, 6.45) is 8.76. The van der Waals surface area contributed by atoms with Crippen LogP contribution in [0, 0.1) is 0 Å². The second kappa shape index (κ2) is 7.53. The van der Waals surface area contributed by atoms with Crippen LogP contribution in [0.3, 0.4) is 0 Å². The molecule has 2 aromatic heterocycles. The minimum atomic E-state index is 0.501. The smallest absolute Gasteiger partial charge is 0.219 e. The number of aromatic nitrogens is 2. The van der Waals surface area contributed by atoms with Gasteiger partial charge in [0.15, 0.2) is 17.3 Å². The number of hydrogen-bond donors (Lipinski definition) is 0. The fourth-order valence-corrected chi connectivity index (χ4v) is 2.38. The topological polar surface area (TPSA) is 66.6 Å². The summed E-state index contributed by atoms with van der Waals surface area (Å²) in [6.45, 7) is 0. The largest absolute Gasteiger partial charge is 0.493 e. The van der Waals surface area contributed by atoms with Crippen molar-refractivity contribution in [1.29, 1.82) is 0 Å². The number of oxazole rings is 1. The normalized spacial score (nSPS) is 10.8. The first-order valence-corrected chi connectivity index (χ1v) is 7.59. The van der Waals surface area contributed by atoms with Crippen molar-refractivity contribution in [3.8, 4) is 28.6 Å². The van der Waals surface area contributed by atoms with Crippen molar-refractivity contribution in [3.63, 3.8) is 0 Å². The number of benzene rings is 1. The van der Waals surface area contributed by atoms with E-state index in [-0.39, 0.29) is 0 Å². The second-order valence-corrected chi connectivity index (χ2v) is 5.09. The first-order valence-electron chi connectivity index (χ1n) is 7.59. The Morgan fingerprint density at radius 1 is 0.920 bits per heavy atom. The molecule has 0 amide bonds. The third kappa shape index (κ3) is 3.63. The molecular weight excluding hydrogens is 320 g/mol. The van der Waals surface area contributed by atoms with Crippen LogP contribution in [0.15, 0.2) is 47.3 Å². The molecule has 0 aliphatic rings. The van der Waals surface area contributed by atoms with Crippen molar-refractivity contribution in [2.75, 3.05) is 21.3 Å². The molecule has 0 fully saturated rings. The first kappa shape index (κ1) is 16.6. The summed E-state index contributed by atoms with van der Waals surface area (Å²) in [6, 6.07) is 7.44. The predicted octanol–water partition coefficient (Wildman–Crippen LogP) is 3.93. The summed E-state index contributed by atoms with van der Waals surface area (Å²) in [4.78, 5) is 8.26. The average Bonchev–Trinajstić information content (AvgIpc) is 3.15. The van der Waals surface area contributed by atoms with Gasteiger partial charge in [-0.05, 0) is 35.9 Å². The highest BCUT2D eigenvalue weighted by Gasteiger charge is 2.12. The summed E-state index contributed by atoms with van der Waals surface area (Å²) in [5.74, 6) is 2.92. The molecule has 0 aliphatic heterocycles. The molecule has 0 N–H and O–H groups in total. The molecule has 128 valence electrons. The van der Waals surface area contributed by atoms with Gasteiger partial charge in [0.25, 0.3) is 0 Å². The summed E-state index contributed by atoms with van der Waals surface area (Å²) < 4.78 is 21.8. The van der Waals surface area contributed by atoms with E-state index in [0.717, 1.165) is 11.1 Å². The summed E-state index contributed by atoms with van der Waals surface area (Å²) >= 11 is 0. The maximum atomic E-state index is 5.74. The Bertz CT molecular complexity index is 847. The molecule has 2 heterocycles. The Balaban J connectivity index is 1.86. The van der Waals surface area contributed by atoms with E-state index in [4.69, 9.17) is 18.6 Å². The molecule has 0 bridgehead atoms. The first-order chi connectivity index (χ1) is 12.2. The number of ether oxygens (including phenoxy) is 3. The Hall–Kier alpha value is -3.28. The van der Waals surface area contributed by atoms with Gasteiger partial charge in [-0.25, -0.2) is 4.98 Å². The van der Waals surface area contributed by atoms with E-state index < -0.39 is 0 Å². The van der Waals surface area contributed by atoms with Crippen molar-refractivity contribution in [2.45, 2.75) is 0 Å². The molecule has 1 aromatic carbocycles. The van der Waals surface area contributed by atoms with Gasteiger partial charge in [-0.3, -0.25) is 4.98 Å². The maximum absolute atomic E-state index is 5.74. The lowest BCUT2D eigenvalue weighted by molar-refractivity contribution is 0.324. The molecule has 0 spiro atoms. The number of nitrogens with zero attached hydrogens (tertiary/aromatic N) is 2. The molecular formula is C19H18N2O4. The van der Waals surface area contributed by atoms with E-state index in [9.17, 15) is 0 Å². The van der Waals surface area contributed by atoms with Crippen molar-refractivity contribution in [1.82, 2.24) is 9.97 Å². The zero-order chi connectivity index (χ0) is 17.6. The van der Waals surface area contributed by atoms with E-state index in [1.165, 1.54) is 0 Å². The molecule has 25 heavy (non-hydrogen) atoms. The highest BCUT2D eigenvalue weighted by Crippen LogP contribution is 2.38. The second-order valence-electron chi connectivity index (χ2n) is 5.09. The summed E-state index contributed by atoms with van der Waals surface area (Å²) in [5, 5.41) is 0. The predicted molar refractivity (Wildman–Crippen MR) is 94.8 cm³/mol. The Morgan fingerprint density at radius 2 is 1.60 bits per heavy atom. The van der Waals surface area contributed by atoms with Crippen molar-refractivity contribution >= 4 is 12.2 Å². The molecule has 6 heteroatoms. The van der Waals surface area contributed by atoms with Gasteiger partial charge in [0.2, 0.25) is 11.6 Å². The van der Waals surface area contributed by atoms with Crippen LogP contribution in [0.2, 0.25) is 0 Å². The van der Waals surface area contributed by atoms with Crippen LogP contribution in [0.5, 0.6) is 17.2 Å². The summed E-state index contributed by atoms with van der Waals surface area (Å²) in [5.41, 5.74) is 1.80. The molecule has 0 radical (unpaired) electrons. The standard InChI is InChI=1S/C19H18N2O4/c1-22-15-10-13(11-16(23-2)19(15)24-3)4-5-18-21-12-17(25-18)14-6-8-20-9-7-14/h4-12H,1-3H3/b5-4+. The van der Waals surface area contributed by atoms with E-state index in [2.05, 4.69) is 9.97 Å². The van der Waals surface area contributed by atoms with Gasteiger partial charge in [-0.1, -0.05) is 0 Å². The van der Waals surface area contributed by atoms with Crippen molar-refractivity contribution in [3.05, 3.63) is 54.3 Å². The third-order valence-electron chi connectivity index (χ3n) is 3.59. The third-order valence-corrected chi connectivity index (χ3v) is 3.59. The van der Waals surface area contributed by atoms with E-state index in [0.29, 0.717) is 28.9 Å². The number of methoxy groups -OCH3 is 3. The van der Waals surface area contributed by atoms with Gasteiger partial charge in [0.05, 0.1) is 27.5 Å². The lowest BCUT2D eigenvalue weighted by atomic mass is 10.1. The highest BCUT2D eigenvalue weighted by molar-refractivity contribution is 5.71. The van der Waals surface area contributed by atoms with Gasteiger partial charge >= 0.3 is 0 Å². The van der Waals surface area contributed by atoms with Crippen LogP contribution >= 0.6 is 0 Å². The molecule has 0 saturated heterocycles. The van der Waals surface area contributed by atoms with Gasteiger partial charge in [-0.15, -0.1) is 0 Å². The van der Waals surface area contributed by atoms with Gasteiger partial charge in [-0.2, -0.15) is 0 Å². The minimum absolute atomic E-state index is 0.501. The fourth-order valence-electron chi connectivity index (χ4n) is 2.38. The minimum Gasteiger partial charge on any atom is -0.493 e. The Kier molecular flexibility index (Phi) is 4.99. The molecule has 3 rings (SSSR count). The van der Waals surface area contributed by atoms with E-state index in [1.807, 2.05) is 30.3 Å². The monoisotopic (exact) mass is 338 g/mol. The van der Waals surface area contributed by atoms with Crippen LogP contribution in [-0.2, 0) is 0 Å². The molecule has 0 unspecified atom stereocenters.